The van der Waals surface area contributed by atoms with Crippen LogP contribution in [0.2, 0.25) is 0 Å². The molecule has 112 valence electrons. The third-order valence-electron chi connectivity index (χ3n) is 4.76. The Balaban J connectivity index is 0.000000200. The summed E-state index contributed by atoms with van der Waals surface area (Å²) in [4.78, 5) is 20.8. The molecule has 20 heavy (non-hydrogen) atoms. The summed E-state index contributed by atoms with van der Waals surface area (Å²) in [6.45, 7) is 8.59. The quantitative estimate of drug-likeness (QED) is 0.543. The van der Waals surface area contributed by atoms with Gasteiger partial charge in [-0.25, -0.2) is 0 Å². The van der Waals surface area contributed by atoms with E-state index >= 15 is 0 Å². The average Bonchev–Trinajstić information content (AvgIpc) is 2.45. The monoisotopic (exact) mass is 276 g/mol. The van der Waals surface area contributed by atoms with Gasteiger partial charge in [-0.15, -0.1) is 0 Å². The molecule has 2 aliphatic rings. The molecule has 0 spiro atoms. The van der Waals surface area contributed by atoms with E-state index in [9.17, 15) is 9.59 Å². The number of carbonyl (C=O) groups is 2. The van der Waals surface area contributed by atoms with E-state index in [0.29, 0.717) is 11.8 Å². The smallest absolute Gasteiger partial charge is 0.123 e. The van der Waals surface area contributed by atoms with Gasteiger partial charge in [0.2, 0.25) is 0 Å². The van der Waals surface area contributed by atoms with E-state index in [1.165, 1.54) is 22.3 Å². The van der Waals surface area contributed by atoms with Gasteiger partial charge in [0.05, 0.1) is 0 Å². The minimum Gasteiger partial charge on any atom is -0.303 e. The molecule has 2 atom stereocenters. The van der Waals surface area contributed by atoms with Crippen LogP contribution in [-0.2, 0) is 9.59 Å². The Bertz CT molecular complexity index is 375. The van der Waals surface area contributed by atoms with Crippen molar-refractivity contribution in [2.24, 2.45) is 11.8 Å². The van der Waals surface area contributed by atoms with Gasteiger partial charge in [-0.1, -0.05) is 22.3 Å². The lowest BCUT2D eigenvalue weighted by Crippen LogP contribution is -2.08. The van der Waals surface area contributed by atoms with Crippen molar-refractivity contribution in [3.05, 3.63) is 22.3 Å². The van der Waals surface area contributed by atoms with Crippen LogP contribution in [0.25, 0.3) is 0 Å². The summed E-state index contributed by atoms with van der Waals surface area (Å²) < 4.78 is 0. The van der Waals surface area contributed by atoms with Gasteiger partial charge >= 0.3 is 0 Å². The maximum Gasteiger partial charge on any atom is 0.123 e. The van der Waals surface area contributed by atoms with Crippen LogP contribution in [0.4, 0.5) is 0 Å². The molecule has 0 saturated heterocycles. The molecule has 0 radical (unpaired) electrons. The number of aldehydes is 2. The molecule has 0 bridgehead atoms. The molecule has 2 aliphatic carbocycles. The zero-order valence-corrected chi connectivity index (χ0v) is 13.4. The molecule has 2 unspecified atom stereocenters. The van der Waals surface area contributed by atoms with Crippen LogP contribution in [0.3, 0.4) is 0 Å². The van der Waals surface area contributed by atoms with Crippen LogP contribution < -0.4 is 0 Å². The Morgan fingerprint density at radius 1 is 0.700 bits per heavy atom. The van der Waals surface area contributed by atoms with Crippen molar-refractivity contribution in [3.8, 4) is 0 Å². The largest absolute Gasteiger partial charge is 0.303 e. The van der Waals surface area contributed by atoms with Gasteiger partial charge in [0, 0.05) is 11.8 Å². The maximum absolute atomic E-state index is 10.4. The van der Waals surface area contributed by atoms with Gasteiger partial charge in [-0.3, -0.25) is 0 Å². The second kappa shape index (κ2) is 8.18. The molecule has 0 aromatic carbocycles. The predicted molar refractivity (Wildman–Crippen MR) is 83.6 cm³/mol. The molecule has 0 aromatic heterocycles. The maximum atomic E-state index is 10.4. The fourth-order valence-electron chi connectivity index (χ4n) is 2.80. The highest BCUT2D eigenvalue weighted by Gasteiger charge is 2.15. The average molecular weight is 276 g/mol. The van der Waals surface area contributed by atoms with Crippen molar-refractivity contribution in [3.63, 3.8) is 0 Å². The van der Waals surface area contributed by atoms with Crippen LogP contribution in [0, 0.1) is 11.8 Å². The van der Waals surface area contributed by atoms with Gasteiger partial charge in [0.15, 0.2) is 0 Å². The third-order valence-corrected chi connectivity index (χ3v) is 4.76. The van der Waals surface area contributed by atoms with Crippen LogP contribution in [-0.4, -0.2) is 12.6 Å². The highest BCUT2D eigenvalue weighted by atomic mass is 16.1. The molecule has 2 heteroatoms. The van der Waals surface area contributed by atoms with Crippen molar-refractivity contribution < 1.29 is 9.59 Å². The molecular weight excluding hydrogens is 248 g/mol. The molecule has 0 fully saturated rings. The number of allylic oxidation sites excluding steroid dienone is 4. The van der Waals surface area contributed by atoms with Crippen molar-refractivity contribution in [1.82, 2.24) is 0 Å². The van der Waals surface area contributed by atoms with Crippen molar-refractivity contribution in [2.75, 3.05) is 0 Å². The Morgan fingerprint density at radius 3 is 1.30 bits per heavy atom. The second-order valence-corrected chi connectivity index (χ2v) is 6.40. The second-order valence-electron chi connectivity index (χ2n) is 6.40. The molecule has 0 heterocycles. The highest BCUT2D eigenvalue weighted by molar-refractivity contribution is 5.55. The van der Waals surface area contributed by atoms with Crippen LogP contribution >= 0.6 is 0 Å². The SMILES string of the molecule is CC1=C(C)CC(C=O)CC1.CC1=C(C)CC(C=O)CC1. The molecule has 0 N–H and O–H groups in total. The first kappa shape index (κ1) is 16.9. The van der Waals surface area contributed by atoms with E-state index in [-0.39, 0.29) is 0 Å². The zero-order valence-electron chi connectivity index (χ0n) is 13.4. The van der Waals surface area contributed by atoms with Crippen molar-refractivity contribution in [1.29, 1.82) is 0 Å². The standard InChI is InChI=1S/2C9H14O/c2*1-7-3-4-9(6-10)5-8(7)2/h2*6,9H,3-5H2,1-2H3. The Morgan fingerprint density at radius 2 is 1.05 bits per heavy atom. The molecule has 2 rings (SSSR count). The third kappa shape index (κ3) is 5.07. The lowest BCUT2D eigenvalue weighted by atomic mass is 9.86. The van der Waals surface area contributed by atoms with Gasteiger partial charge in [-0.05, 0) is 66.2 Å². The predicted octanol–water partition coefficient (Wildman–Crippen LogP) is 4.64. The van der Waals surface area contributed by atoms with Crippen LogP contribution in [0.5, 0.6) is 0 Å². The van der Waals surface area contributed by atoms with E-state index in [1.54, 1.807) is 0 Å². The van der Waals surface area contributed by atoms with Crippen LogP contribution in [0.15, 0.2) is 22.3 Å². The summed E-state index contributed by atoms with van der Waals surface area (Å²) in [6.07, 6.45) is 8.54. The first-order valence-electron chi connectivity index (χ1n) is 7.69. The van der Waals surface area contributed by atoms with Gasteiger partial charge in [-0.2, -0.15) is 0 Å². The number of rotatable bonds is 2. The van der Waals surface area contributed by atoms with Crippen LogP contribution in [0.1, 0.15) is 66.2 Å². The zero-order chi connectivity index (χ0) is 15.1. The van der Waals surface area contributed by atoms with Crippen molar-refractivity contribution in [2.45, 2.75) is 66.2 Å². The first-order chi connectivity index (χ1) is 9.47. The van der Waals surface area contributed by atoms with E-state index in [0.717, 1.165) is 51.1 Å². The number of carbonyl (C=O) groups excluding carboxylic acids is 2. The molecule has 0 aliphatic heterocycles. The molecule has 0 saturated carbocycles. The molecular formula is C18H28O2. The number of hydrogen-bond donors (Lipinski definition) is 0. The fraction of sp³-hybridized carbons (Fsp3) is 0.667. The fourth-order valence-corrected chi connectivity index (χ4v) is 2.80. The summed E-state index contributed by atoms with van der Waals surface area (Å²) in [6, 6.07) is 0. The highest BCUT2D eigenvalue weighted by Crippen LogP contribution is 2.27. The first-order valence-corrected chi connectivity index (χ1v) is 7.69. The minimum atomic E-state index is 0.309. The van der Waals surface area contributed by atoms with E-state index in [1.807, 2.05) is 0 Å². The molecule has 0 aromatic rings. The minimum absolute atomic E-state index is 0.309. The topological polar surface area (TPSA) is 34.1 Å². The Hall–Kier alpha value is -1.18. The summed E-state index contributed by atoms with van der Waals surface area (Å²) in [7, 11) is 0. The Kier molecular flexibility index (Phi) is 6.90. The van der Waals surface area contributed by atoms with Crippen molar-refractivity contribution >= 4 is 12.6 Å². The molecule has 2 nitrogen and oxygen atoms in total. The summed E-state index contributed by atoms with van der Waals surface area (Å²) in [5.74, 6) is 0.618. The summed E-state index contributed by atoms with van der Waals surface area (Å²) in [5.41, 5.74) is 5.81. The van der Waals surface area contributed by atoms with Gasteiger partial charge in [0.25, 0.3) is 0 Å². The number of hydrogen-bond acceptors (Lipinski definition) is 2. The summed E-state index contributed by atoms with van der Waals surface area (Å²) >= 11 is 0. The lowest BCUT2D eigenvalue weighted by Gasteiger charge is -2.19. The van der Waals surface area contributed by atoms with Gasteiger partial charge in [0.1, 0.15) is 12.6 Å². The molecule has 0 amide bonds. The van der Waals surface area contributed by atoms with E-state index in [4.69, 9.17) is 0 Å². The van der Waals surface area contributed by atoms with E-state index < -0.39 is 0 Å². The van der Waals surface area contributed by atoms with E-state index in [2.05, 4.69) is 27.7 Å². The normalized spacial score (nSPS) is 26.8. The lowest BCUT2D eigenvalue weighted by molar-refractivity contribution is -0.112. The Labute approximate surface area is 123 Å². The van der Waals surface area contributed by atoms with Gasteiger partial charge < -0.3 is 9.59 Å². The summed E-state index contributed by atoms with van der Waals surface area (Å²) in [5, 5.41) is 0.